The van der Waals surface area contributed by atoms with Gasteiger partial charge < -0.3 is 13.4 Å². The van der Waals surface area contributed by atoms with Crippen molar-refractivity contribution in [2.24, 2.45) is 0 Å². The van der Waals surface area contributed by atoms with Gasteiger partial charge in [0.05, 0.1) is 16.7 Å². The molecular weight excluding hydrogens is 821 g/mol. The lowest BCUT2D eigenvalue weighted by Gasteiger charge is -2.15. The van der Waals surface area contributed by atoms with Gasteiger partial charge in [-0.15, -0.1) is 0 Å². The van der Waals surface area contributed by atoms with Gasteiger partial charge in [-0.05, 0) is 86.2 Å². The average Bonchev–Trinajstić information content (AvgIpc) is 4.08. The van der Waals surface area contributed by atoms with Gasteiger partial charge in [-0.25, -0.2) is 15.0 Å². The van der Waals surface area contributed by atoms with E-state index in [0.29, 0.717) is 17.5 Å². The normalized spacial score (nSPS) is 12.2. The Bertz CT molecular complexity index is 4460. The number of furan rings is 2. The zero-order valence-corrected chi connectivity index (χ0v) is 35.7. The van der Waals surface area contributed by atoms with E-state index in [1.807, 2.05) is 60.7 Å². The van der Waals surface area contributed by atoms with Crippen molar-refractivity contribution >= 4 is 109 Å². The van der Waals surface area contributed by atoms with E-state index in [2.05, 4.69) is 150 Å². The summed E-state index contributed by atoms with van der Waals surface area (Å²) in [6, 6.07) is 72.7. The quantitative estimate of drug-likeness (QED) is 0.165. The second-order valence-electron chi connectivity index (χ2n) is 17.4. The first-order valence-corrected chi connectivity index (χ1v) is 22.6. The van der Waals surface area contributed by atoms with Crippen molar-refractivity contribution in [2.45, 2.75) is 0 Å². The molecule has 4 aromatic heterocycles. The number of rotatable bonds is 4. The molecule has 0 fully saturated rings. The van der Waals surface area contributed by atoms with Crippen LogP contribution in [0, 0.1) is 0 Å². The third-order valence-electron chi connectivity index (χ3n) is 13.8. The van der Waals surface area contributed by atoms with Crippen molar-refractivity contribution in [3.05, 3.63) is 206 Å². The highest BCUT2D eigenvalue weighted by atomic mass is 16.3. The molecule has 0 unspecified atom stereocenters. The summed E-state index contributed by atoms with van der Waals surface area (Å²) in [5, 5.41) is 16.1. The summed E-state index contributed by atoms with van der Waals surface area (Å²) in [6.45, 7) is 0. The van der Waals surface area contributed by atoms with E-state index in [4.69, 9.17) is 23.8 Å². The van der Waals surface area contributed by atoms with E-state index in [9.17, 15) is 0 Å². The maximum absolute atomic E-state index is 6.38. The second kappa shape index (κ2) is 13.7. The van der Waals surface area contributed by atoms with Gasteiger partial charge in [0.15, 0.2) is 17.5 Å². The van der Waals surface area contributed by atoms with Crippen LogP contribution in [0.2, 0.25) is 0 Å². The molecule has 4 heterocycles. The molecule has 11 aromatic carbocycles. The van der Waals surface area contributed by atoms with Crippen LogP contribution in [-0.4, -0.2) is 19.5 Å². The highest BCUT2D eigenvalue weighted by Gasteiger charge is 2.23. The summed E-state index contributed by atoms with van der Waals surface area (Å²) in [4.78, 5) is 16.1. The molecule has 0 bridgehead atoms. The molecule has 0 N–H and O–H groups in total. The number of fused-ring (bicyclic) bond motifs is 16. The molecule has 0 saturated carbocycles. The van der Waals surface area contributed by atoms with Crippen molar-refractivity contribution in [3.8, 4) is 39.9 Å². The van der Waals surface area contributed by atoms with Gasteiger partial charge in [0, 0.05) is 54.4 Å². The number of nitrogens with zero attached hydrogens (tertiary/aromatic N) is 4. The average molecular weight is 855 g/mol. The molecule has 6 heteroatoms. The van der Waals surface area contributed by atoms with Crippen molar-refractivity contribution < 1.29 is 8.83 Å². The minimum Gasteiger partial charge on any atom is -0.456 e. The fourth-order valence-corrected chi connectivity index (χ4v) is 11.0. The van der Waals surface area contributed by atoms with Crippen LogP contribution in [0.4, 0.5) is 0 Å². The first-order chi connectivity index (χ1) is 33.2. The maximum Gasteiger partial charge on any atom is 0.164 e. The Labute approximate surface area is 381 Å². The van der Waals surface area contributed by atoms with Crippen LogP contribution in [0.15, 0.2) is 215 Å². The van der Waals surface area contributed by atoms with E-state index in [-0.39, 0.29) is 0 Å². The molecule has 15 aromatic rings. The summed E-state index contributed by atoms with van der Waals surface area (Å²) < 4.78 is 15.2. The Balaban J connectivity index is 0.994. The SMILES string of the molecule is c1ccc2c(c1)ccc1ccc3c(ccc4c3c3ccccc3n4-c3ccc(-c4nc(-c5cccc6oc7ccccc7c56)nc(-c5cccc6oc7ccccc7c56)n4)c4ccccc34)c12. The summed E-state index contributed by atoms with van der Waals surface area (Å²) in [5.41, 5.74) is 9.21. The Morgan fingerprint density at radius 1 is 0.269 bits per heavy atom. The molecule has 15 rings (SSSR count). The maximum atomic E-state index is 6.38. The molecule has 310 valence electrons. The van der Waals surface area contributed by atoms with Crippen LogP contribution in [0.3, 0.4) is 0 Å². The lowest BCUT2D eigenvalue weighted by atomic mass is 9.94. The number of benzene rings is 11. The fourth-order valence-electron chi connectivity index (χ4n) is 11.0. The summed E-state index contributed by atoms with van der Waals surface area (Å²) in [6.07, 6.45) is 0. The van der Waals surface area contributed by atoms with Gasteiger partial charge in [-0.1, -0.05) is 158 Å². The van der Waals surface area contributed by atoms with Gasteiger partial charge in [0.1, 0.15) is 22.3 Å². The van der Waals surface area contributed by atoms with Crippen molar-refractivity contribution in [1.29, 1.82) is 0 Å². The van der Waals surface area contributed by atoms with Crippen molar-refractivity contribution in [1.82, 2.24) is 19.5 Å². The molecule has 6 nitrogen and oxygen atoms in total. The minimum absolute atomic E-state index is 0.560. The molecule has 0 saturated heterocycles. The van der Waals surface area contributed by atoms with E-state index < -0.39 is 0 Å². The van der Waals surface area contributed by atoms with Crippen molar-refractivity contribution in [3.63, 3.8) is 0 Å². The van der Waals surface area contributed by atoms with Crippen molar-refractivity contribution in [2.75, 3.05) is 0 Å². The van der Waals surface area contributed by atoms with E-state index in [1.165, 1.54) is 43.1 Å². The first-order valence-electron chi connectivity index (χ1n) is 22.6. The highest BCUT2D eigenvalue weighted by molar-refractivity contribution is 6.29. The number of aromatic nitrogens is 4. The zero-order valence-electron chi connectivity index (χ0n) is 35.7. The molecule has 0 amide bonds. The van der Waals surface area contributed by atoms with Gasteiger partial charge in [-0.2, -0.15) is 0 Å². The lowest BCUT2D eigenvalue weighted by Crippen LogP contribution is -2.02. The largest absolute Gasteiger partial charge is 0.456 e. The number of para-hydroxylation sites is 3. The summed E-state index contributed by atoms with van der Waals surface area (Å²) in [7, 11) is 0. The molecule has 67 heavy (non-hydrogen) atoms. The Morgan fingerprint density at radius 3 is 1.48 bits per heavy atom. The first kappa shape index (κ1) is 36.2. The van der Waals surface area contributed by atoms with Gasteiger partial charge in [-0.3, -0.25) is 0 Å². The zero-order chi connectivity index (χ0) is 43.7. The lowest BCUT2D eigenvalue weighted by molar-refractivity contribution is 0.668. The van der Waals surface area contributed by atoms with Gasteiger partial charge >= 0.3 is 0 Å². The highest BCUT2D eigenvalue weighted by Crippen LogP contribution is 2.44. The minimum atomic E-state index is 0.560. The Hall–Kier alpha value is -9.13. The molecule has 0 aliphatic heterocycles. The molecule has 0 radical (unpaired) electrons. The van der Waals surface area contributed by atoms with E-state index >= 15 is 0 Å². The third kappa shape index (κ3) is 5.18. The molecule has 0 atom stereocenters. The third-order valence-corrected chi connectivity index (χ3v) is 13.8. The van der Waals surface area contributed by atoms with Crippen LogP contribution in [0.1, 0.15) is 0 Å². The van der Waals surface area contributed by atoms with Gasteiger partial charge in [0.2, 0.25) is 0 Å². The predicted molar refractivity (Wildman–Crippen MR) is 275 cm³/mol. The van der Waals surface area contributed by atoms with Crippen LogP contribution in [0.5, 0.6) is 0 Å². The van der Waals surface area contributed by atoms with E-state index in [1.54, 1.807) is 0 Å². The van der Waals surface area contributed by atoms with Crippen LogP contribution >= 0.6 is 0 Å². The standard InChI is InChI=1S/C61H34N4O2/c1-2-14-37-35(13-1)27-28-36-29-30-41-40(55(36)37)31-34-50-56(41)43-17-5-8-22-48(43)65(50)49-33-32-42(38-15-3-4-16-39(38)49)59-62-60(46-20-11-25-53-57(46)44-18-6-9-23-51(44)66-53)64-61(63-59)47-21-12-26-54-58(47)45-19-7-10-24-52(45)67-54/h1-34H. The monoisotopic (exact) mass is 854 g/mol. The summed E-state index contributed by atoms with van der Waals surface area (Å²) in [5.74, 6) is 1.69. The number of hydrogen-bond donors (Lipinski definition) is 0. The molecule has 0 spiro atoms. The Kier molecular flexibility index (Phi) is 7.40. The fraction of sp³-hybridized carbons (Fsp3) is 0. The van der Waals surface area contributed by atoms with Crippen LogP contribution in [0.25, 0.3) is 149 Å². The van der Waals surface area contributed by atoms with Crippen LogP contribution in [-0.2, 0) is 0 Å². The topological polar surface area (TPSA) is 69.9 Å². The second-order valence-corrected chi connectivity index (χ2v) is 17.4. The number of hydrogen-bond acceptors (Lipinski definition) is 5. The van der Waals surface area contributed by atoms with Gasteiger partial charge in [0.25, 0.3) is 0 Å². The molecule has 0 aliphatic rings. The summed E-state index contributed by atoms with van der Waals surface area (Å²) >= 11 is 0. The van der Waals surface area contributed by atoms with Crippen LogP contribution < -0.4 is 0 Å². The molecule has 0 aliphatic carbocycles. The Morgan fingerprint density at radius 2 is 0.776 bits per heavy atom. The predicted octanol–water partition coefficient (Wildman–Crippen LogP) is 16.4. The van der Waals surface area contributed by atoms with E-state index in [0.717, 1.165) is 88.1 Å². The smallest absolute Gasteiger partial charge is 0.164 e. The molecular formula is C61H34N4O2.